The summed E-state index contributed by atoms with van der Waals surface area (Å²) in [4.78, 5) is 55.1. The van der Waals surface area contributed by atoms with Crippen LogP contribution in [0.5, 0.6) is 11.5 Å². The Labute approximate surface area is 206 Å². The van der Waals surface area contributed by atoms with Crippen molar-refractivity contribution in [2.24, 2.45) is 5.41 Å². The molecule has 1 fully saturated rings. The zero-order chi connectivity index (χ0) is 24.9. The average molecular weight is 496 g/mol. The highest BCUT2D eigenvalue weighted by Gasteiger charge is 2.36. The zero-order valence-corrected chi connectivity index (χ0v) is 20.5. The van der Waals surface area contributed by atoms with Crippen molar-refractivity contribution in [2.45, 2.75) is 33.6 Å². The molecule has 35 heavy (non-hydrogen) atoms. The van der Waals surface area contributed by atoms with E-state index in [1.54, 1.807) is 31.2 Å². The molecule has 2 aromatic rings. The molecule has 1 aromatic heterocycles. The fourth-order valence-corrected chi connectivity index (χ4v) is 5.54. The summed E-state index contributed by atoms with van der Waals surface area (Å²) < 4.78 is 10.6. The number of thioether (sulfide) groups is 1. The maximum Gasteiger partial charge on any atom is 0.293 e. The van der Waals surface area contributed by atoms with Crippen LogP contribution < -0.4 is 14.8 Å². The molecule has 182 valence electrons. The van der Waals surface area contributed by atoms with Gasteiger partial charge in [-0.25, -0.2) is 0 Å². The first-order valence-corrected chi connectivity index (χ1v) is 12.1. The normalized spacial score (nSPS) is 19.5. The van der Waals surface area contributed by atoms with Crippen LogP contribution in [-0.4, -0.2) is 52.6 Å². The Morgan fingerprint density at radius 1 is 1.20 bits per heavy atom. The number of aromatic nitrogens is 1. The highest BCUT2D eigenvalue weighted by Crippen LogP contribution is 2.37. The Hall–Kier alpha value is -3.53. The summed E-state index contributed by atoms with van der Waals surface area (Å²) in [6.45, 7) is 6.11. The number of H-pyrrole nitrogens is 1. The van der Waals surface area contributed by atoms with Gasteiger partial charge in [-0.1, -0.05) is 19.9 Å². The van der Waals surface area contributed by atoms with Gasteiger partial charge >= 0.3 is 0 Å². The van der Waals surface area contributed by atoms with E-state index in [2.05, 4.69) is 10.3 Å². The molecule has 0 unspecified atom stereocenters. The van der Waals surface area contributed by atoms with Crippen molar-refractivity contribution in [1.29, 1.82) is 0 Å². The summed E-state index contributed by atoms with van der Waals surface area (Å²) in [6, 6.07) is 5.29. The van der Waals surface area contributed by atoms with Gasteiger partial charge < -0.3 is 19.8 Å². The third-order valence-corrected chi connectivity index (χ3v) is 7.22. The predicted octanol–water partition coefficient (Wildman–Crippen LogP) is 3.67. The first kappa shape index (κ1) is 23.2. The molecule has 5 rings (SSSR count). The number of aromatic amines is 1. The number of rotatable bonds is 5. The lowest BCUT2D eigenvalue weighted by atomic mass is 9.75. The van der Waals surface area contributed by atoms with Crippen molar-refractivity contribution < 1.29 is 28.7 Å². The van der Waals surface area contributed by atoms with Gasteiger partial charge in [0.05, 0.1) is 4.91 Å². The number of benzene rings is 1. The molecule has 2 aliphatic heterocycles. The van der Waals surface area contributed by atoms with E-state index in [0.29, 0.717) is 46.1 Å². The summed E-state index contributed by atoms with van der Waals surface area (Å²) in [5.74, 6) is 0.484. The molecular formula is C25H25N3O6S. The Balaban J connectivity index is 1.22. The number of Topliss-reactive ketones (excluding diaryl/α,β-unsaturated/α-hetero) is 1. The molecule has 1 aliphatic carbocycles. The summed E-state index contributed by atoms with van der Waals surface area (Å²) >= 11 is 0.856. The van der Waals surface area contributed by atoms with Crippen LogP contribution >= 0.6 is 11.8 Å². The third kappa shape index (κ3) is 4.34. The molecule has 3 amide bonds. The molecule has 3 heterocycles. The lowest BCUT2D eigenvalue weighted by molar-refractivity contribution is -0.122. The van der Waals surface area contributed by atoms with Gasteiger partial charge in [0.25, 0.3) is 17.1 Å². The summed E-state index contributed by atoms with van der Waals surface area (Å²) in [5.41, 5.74) is 2.93. The molecule has 0 spiro atoms. The van der Waals surface area contributed by atoms with Gasteiger partial charge in [-0.05, 0) is 59.9 Å². The molecule has 0 saturated carbocycles. The van der Waals surface area contributed by atoms with E-state index in [9.17, 15) is 19.2 Å². The largest absolute Gasteiger partial charge is 0.454 e. The average Bonchev–Trinajstić information content (AvgIpc) is 3.45. The van der Waals surface area contributed by atoms with E-state index in [4.69, 9.17) is 9.47 Å². The maximum absolute atomic E-state index is 12.8. The van der Waals surface area contributed by atoms with E-state index in [0.717, 1.165) is 27.9 Å². The smallest absolute Gasteiger partial charge is 0.293 e. The number of nitrogens with zero attached hydrogens (tertiary/aromatic N) is 1. The van der Waals surface area contributed by atoms with E-state index < -0.39 is 11.1 Å². The molecule has 2 N–H and O–H groups in total. The highest BCUT2D eigenvalue weighted by molar-refractivity contribution is 8.18. The molecule has 1 saturated heterocycles. The fourth-order valence-electron chi connectivity index (χ4n) is 4.68. The Morgan fingerprint density at radius 2 is 1.97 bits per heavy atom. The minimum absolute atomic E-state index is 0.0381. The second-order valence-electron chi connectivity index (χ2n) is 9.62. The van der Waals surface area contributed by atoms with Crippen LogP contribution in [0.1, 0.15) is 57.9 Å². The Morgan fingerprint density at radius 3 is 2.77 bits per heavy atom. The van der Waals surface area contributed by atoms with Crippen LogP contribution in [0.2, 0.25) is 0 Å². The van der Waals surface area contributed by atoms with Crippen molar-refractivity contribution in [3.63, 3.8) is 0 Å². The second-order valence-corrected chi connectivity index (χ2v) is 10.6. The van der Waals surface area contributed by atoms with Crippen LogP contribution in [-0.2, 0) is 11.2 Å². The summed E-state index contributed by atoms with van der Waals surface area (Å²) in [7, 11) is 0. The number of ketones is 1. The van der Waals surface area contributed by atoms with Gasteiger partial charge in [-0.3, -0.25) is 24.1 Å². The van der Waals surface area contributed by atoms with E-state index >= 15 is 0 Å². The number of carbonyl (C=O) groups is 4. The van der Waals surface area contributed by atoms with Crippen molar-refractivity contribution in [3.8, 4) is 11.5 Å². The number of hydrogen-bond donors (Lipinski definition) is 2. The van der Waals surface area contributed by atoms with Gasteiger partial charge in [-0.2, -0.15) is 0 Å². The van der Waals surface area contributed by atoms with Crippen LogP contribution in [0.25, 0.3) is 6.08 Å². The van der Waals surface area contributed by atoms with E-state index in [1.807, 2.05) is 13.8 Å². The lowest BCUT2D eigenvalue weighted by Gasteiger charge is -2.28. The topological polar surface area (TPSA) is 118 Å². The molecule has 1 aromatic carbocycles. The first-order valence-electron chi connectivity index (χ1n) is 11.3. The standard InChI is InChI=1S/C25H25N3O6S/c1-13-20-15(10-25(2,3)11-16(20)29)27-21(13)22(30)26-6-7-28-23(31)19(35-24(28)32)9-14-4-5-17-18(8-14)34-12-33-17/h4-5,8-9,27H,6-7,10-12H2,1-3H3,(H,26,30). The minimum Gasteiger partial charge on any atom is -0.454 e. The number of carbonyl (C=O) groups excluding carboxylic acids is 4. The molecule has 10 heteroatoms. The van der Waals surface area contributed by atoms with Crippen LogP contribution in [0.15, 0.2) is 23.1 Å². The second kappa shape index (κ2) is 8.60. The molecule has 0 atom stereocenters. The maximum atomic E-state index is 12.8. The van der Waals surface area contributed by atoms with Crippen molar-refractivity contribution in [1.82, 2.24) is 15.2 Å². The van der Waals surface area contributed by atoms with Gasteiger partial charge in [0.2, 0.25) is 6.79 Å². The quantitative estimate of drug-likeness (QED) is 0.608. The summed E-state index contributed by atoms with van der Waals surface area (Å²) in [5, 5.41) is 2.37. The van der Waals surface area contributed by atoms with Gasteiger partial charge in [0, 0.05) is 30.8 Å². The molecule has 3 aliphatic rings. The molecule has 0 radical (unpaired) electrons. The number of fused-ring (bicyclic) bond motifs is 2. The van der Waals surface area contributed by atoms with Crippen LogP contribution in [0.3, 0.4) is 0 Å². The van der Waals surface area contributed by atoms with Crippen molar-refractivity contribution in [3.05, 3.63) is 51.2 Å². The number of amides is 3. The van der Waals surface area contributed by atoms with Crippen molar-refractivity contribution >= 4 is 40.7 Å². The minimum atomic E-state index is -0.411. The zero-order valence-electron chi connectivity index (χ0n) is 19.6. The third-order valence-electron chi connectivity index (χ3n) is 6.32. The number of hydrogen-bond acceptors (Lipinski definition) is 7. The molecular weight excluding hydrogens is 470 g/mol. The van der Waals surface area contributed by atoms with Gasteiger partial charge in [0.1, 0.15) is 5.69 Å². The Kier molecular flexibility index (Phi) is 5.71. The lowest BCUT2D eigenvalue weighted by Crippen LogP contribution is -2.37. The van der Waals surface area contributed by atoms with Crippen molar-refractivity contribution in [2.75, 3.05) is 19.9 Å². The van der Waals surface area contributed by atoms with E-state index in [1.165, 1.54) is 0 Å². The number of imide groups is 1. The number of nitrogens with one attached hydrogen (secondary N) is 2. The van der Waals surface area contributed by atoms with Gasteiger partial charge in [-0.15, -0.1) is 0 Å². The van der Waals surface area contributed by atoms with Crippen LogP contribution in [0.4, 0.5) is 4.79 Å². The van der Waals surface area contributed by atoms with Gasteiger partial charge in [0.15, 0.2) is 17.3 Å². The SMILES string of the molecule is Cc1c(C(=O)NCCN2C(=O)SC(=Cc3ccc4c(c3)OCO4)C2=O)[nH]c2c1C(=O)CC(C)(C)C2. The first-order chi connectivity index (χ1) is 16.6. The van der Waals surface area contributed by atoms with E-state index in [-0.39, 0.29) is 37.0 Å². The molecule has 9 nitrogen and oxygen atoms in total. The molecule has 0 bridgehead atoms. The number of ether oxygens (including phenoxy) is 2. The Bertz CT molecular complexity index is 1310. The fraction of sp³-hybridized carbons (Fsp3) is 0.360. The predicted molar refractivity (Wildman–Crippen MR) is 130 cm³/mol. The highest BCUT2D eigenvalue weighted by atomic mass is 32.2. The summed E-state index contributed by atoms with van der Waals surface area (Å²) in [6.07, 6.45) is 2.77. The monoisotopic (exact) mass is 495 g/mol. The van der Waals surface area contributed by atoms with Crippen LogP contribution in [0, 0.1) is 12.3 Å².